The largest absolute Gasteiger partial charge is 0.508 e. The molecular weight excluding hydrogens is 229 g/mol. The van der Waals surface area contributed by atoms with Crippen molar-refractivity contribution in [1.82, 2.24) is 4.90 Å². The van der Waals surface area contributed by atoms with Crippen molar-refractivity contribution in [3.05, 3.63) is 29.6 Å². The summed E-state index contributed by atoms with van der Waals surface area (Å²) in [6.07, 6.45) is 2.42. The third-order valence-electron chi connectivity index (χ3n) is 4.36. The molecule has 0 aromatic heterocycles. The molecule has 1 N–H and O–H groups in total. The molecule has 1 fully saturated rings. The second-order valence-corrected chi connectivity index (χ2v) is 5.48. The topological polar surface area (TPSA) is 23.5 Å². The minimum Gasteiger partial charge on any atom is -0.508 e. The van der Waals surface area contributed by atoms with Crippen molar-refractivity contribution in [1.29, 1.82) is 0 Å². The first-order valence-electron chi connectivity index (χ1n) is 6.75. The Balaban J connectivity index is 2.24. The number of piperidine rings is 1. The summed E-state index contributed by atoms with van der Waals surface area (Å²) >= 11 is 0. The molecule has 100 valence electrons. The van der Waals surface area contributed by atoms with E-state index in [-0.39, 0.29) is 17.6 Å². The average molecular weight is 251 g/mol. The highest BCUT2D eigenvalue weighted by atomic mass is 19.1. The maximum Gasteiger partial charge on any atom is 0.123 e. The number of likely N-dealkylation sites (tertiary alicyclic amines) is 1. The second kappa shape index (κ2) is 5.27. The van der Waals surface area contributed by atoms with E-state index >= 15 is 0 Å². The first kappa shape index (κ1) is 13.3. The molecule has 1 aliphatic heterocycles. The Morgan fingerprint density at radius 1 is 1.39 bits per heavy atom. The third kappa shape index (κ3) is 2.51. The van der Waals surface area contributed by atoms with Gasteiger partial charge in [-0.1, -0.05) is 6.92 Å². The van der Waals surface area contributed by atoms with Crippen LogP contribution in [0.2, 0.25) is 0 Å². The van der Waals surface area contributed by atoms with Gasteiger partial charge in [-0.05, 0) is 57.4 Å². The lowest BCUT2D eigenvalue weighted by atomic mass is 9.89. The lowest BCUT2D eigenvalue weighted by Crippen LogP contribution is -2.43. The van der Waals surface area contributed by atoms with Gasteiger partial charge in [0.25, 0.3) is 0 Å². The van der Waals surface area contributed by atoms with Gasteiger partial charge in [0.1, 0.15) is 11.6 Å². The molecule has 0 bridgehead atoms. The smallest absolute Gasteiger partial charge is 0.123 e. The fraction of sp³-hybridized carbons (Fsp3) is 0.600. The van der Waals surface area contributed by atoms with Crippen molar-refractivity contribution in [2.75, 3.05) is 6.54 Å². The van der Waals surface area contributed by atoms with Crippen LogP contribution in [0.3, 0.4) is 0 Å². The molecule has 0 radical (unpaired) electrons. The third-order valence-corrected chi connectivity index (χ3v) is 4.36. The monoisotopic (exact) mass is 251 g/mol. The molecule has 1 heterocycles. The summed E-state index contributed by atoms with van der Waals surface area (Å²) in [5.41, 5.74) is 0.691. The highest BCUT2D eigenvalue weighted by Crippen LogP contribution is 2.34. The molecule has 1 aliphatic rings. The van der Waals surface area contributed by atoms with E-state index in [1.54, 1.807) is 0 Å². The van der Waals surface area contributed by atoms with Crippen LogP contribution in [0.1, 0.15) is 45.2 Å². The summed E-state index contributed by atoms with van der Waals surface area (Å²) in [5.74, 6) is 0.554. The Bertz CT molecular complexity index is 421. The molecule has 0 saturated carbocycles. The number of hydrogen-bond acceptors (Lipinski definition) is 2. The lowest BCUT2D eigenvalue weighted by molar-refractivity contribution is 0.0741. The minimum atomic E-state index is -0.285. The number of phenolic OH excluding ortho intramolecular Hbond substituents is 1. The lowest BCUT2D eigenvalue weighted by Gasteiger charge is -2.42. The van der Waals surface area contributed by atoms with Gasteiger partial charge in [-0.15, -0.1) is 0 Å². The van der Waals surface area contributed by atoms with E-state index < -0.39 is 0 Å². The predicted molar refractivity (Wildman–Crippen MR) is 71.0 cm³/mol. The van der Waals surface area contributed by atoms with E-state index in [9.17, 15) is 9.50 Å². The molecule has 1 aromatic carbocycles. The molecule has 3 heteroatoms. The van der Waals surface area contributed by atoms with Gasteiger partial charge in [0.05, 0.1) is 0 Å². The van der Waals surface area contributed by atoms with Crippen LogP contribution in [-0.2, 0) is 0 Å². The predicted octanol–water partition coefficient (Wildman–Crippen LogP) is 3.71. The number of phenols is 1. The molecule has 0 spiro atoms. The van der Waals surface area contributed by atoms with E-state index in [0.717, 1.165) is 6.54 Å². The van der Waals surface area contributed by atoms with Crippen molar-refractivity contribution in [3.63, 3.8) is 0 Å². The zero-order valence-corrected chi connectivity index (χ0v) is 11.4. The SMILES string of the molecule is CC1CCCN(C(C)c2cc(F)ccc2O)C1C. The fourth-order valence-corrected chi connectivity index (χ4v) is 2.95. The van der Waals surface area contributed by atoms with Gasteiger partial charge >= 0.3 is 0 Å². The summed E-state index contributed by atoms with van der Waals surface area (Å²) < 4.78 is 13.3. The zero-order valence-electron chi connectivity index (χ0n) is 11.4. The van der Waals surface area contributed by atoms with Gasteiger partial charge in [0.2, 0.25) is 0 Å². The summed E-state index contributed by atoms with van der Waals surface area (Å²) in [4.78, 5) is 2.36. The normalized spacial score (nSPS) is 27.1. The van der Waals surface area contributed by atoms with Crippen molar-refractivity contribution in [2.45, 2.75) is 45.7 Å². The van der Waals surface area contributed by atoms with Crippen LogP contribution in [0.5, 0.6) is 5.75 Å². The average Bonchev–Trinajstić information content (AvgIpc) is 2.35. The van der Waals surface area contributed by atoms with Gasteiger partial charge in [-0.3, -0.25) is 4.90 Å². The Kier molecular flexibility index (Phi) is 3.91. The van der Waals surface area contributed by atoms with Crippen LogP contribution in [0, 0.1) is 11.7 Å². The quantitative estimate of drug-likeness (QED) is 0.866. The summed E-state index contributed by atoms with van der Waals surface area (Å²) in [6, 6.07) is 4.72. The first-order chi connectivity index (χ1) is 8.50. The fourth-order valence-electron chi connectivity index (χ4n) is 2.95. The van der Waals surface area contributed by atoms with Crippen LogP contribution in [0.15, 0.2) is 18.2 Å². The Hall–Kier alpha value is -1.09. The Labute approximate surface area is 108 Å². The molecule has 0 amide bonds. The van der Waals surface area contributed by atoms with E-state index in [0.29, 0.717) is 17.5 Å². The van der Waals surface area contributed by atoms with Crippen LogP contribution < -0.4 is 0 Å². The standard InChI is InChI=1S/C15H22FNO/c1-10-5-4-8-17(11(10)2)12(3)14-9-13(16)6-7-15(14)18/h6-7,9-12,18H,4-5,8H2,1-3H3. The molecule has 3 atom stereocenters. The van der Waals surface area contributed by atoms with Crippen LogP contribution >= 0.6 is 0 Å². The van der Waals surface area contributed by atoms with Crippen LogP contribution in [0.25, 0.3) is 0 Å². The Morgan fingerprint density at radius 2 is 2.11 bits per heavy atom. The number of benzene rings is 1. The summed E-state index contributed by atoms with van der Waals surface area (Å²) in [5, 5.41) is 9.89. The van der Waals surface area contributed by atoms with Gasteiger partial charge in [-0.25, -0.2) is 4.39 Å². The van der Waals surface area contributed by atoms with Crippen molar-refractivity contribution in [3.8, 4) is 5.75 Å². The minimum absolute atomic E-state index is 0.0541. The second-order valence-electron chi connectivity index (χ2n) is 5.48. The molecular formula is C15H22FNO. The zero-order chi connectivity index (χ0) is 13.3. The summed E-state index contributed by atoms with van der Waals surface area (Å²) in [6.45, 7) is 7.54. The molecule has 1 aromatic rings. The van der Waals surface area contributed by atoms with Gasteiger partial charge in [0.15, 0.2) is 0 Å². The van der Waals surface area contributed by atoms with Crippen molar-refractivity contribution >= 4 is 0 Å². The number of rotatable bonds is 2. The molecule has 0 aliphatic carbocycles. The Morgan fingerprint density at radius 3 is 2.83 bits per heavy atom. The number of hydrogen-bond donors (Lipinski definition) is 1. The maximum atomic E-state index is 13.3. The highest BCUT2D eigenvalue weighted by Gasteiger charge is 2.29. The first-order valence-corrected chi connectivity index (χ1v) is 6.75. The maximum absolute atomic E-state index is 13.3. The molecule has 2 rings (SSSR count). The van der Waals surface area contributed by atoms with E-state index in [2.05, 4.69) is 18.7 Å². The summed E-state index contributed by atoms with van der Waals surface area (Å²) in [7, 11) is 0. The van der Waals surface area contributed by atoms with Gasteiger partial charge in [0, 0.05) is 17.6 Å². The molecule has 3 unspecified atom stereocenters. The van der Waals surface area contributed by atoms with Crippen molar-refractivity contribution < 1.29 is 9.50 Å². The van der Waals surface area contributed by atoms with Gasteiger partial charge in [-0.2, -0.15) is 0 Å². The van der Waals surface area contributed by atoms with Crippen LogP contribution in [-0.4, -0.2) is 22.6 Å². The van der Waals surface area contributed by atoms with E-state index in [4.69, 9.17) is 0 Å². The molecule has 1 saturated heterocycles. The highest BCUT2D eigenvalue weighted by molar-refractivity contribution is 5.35. The number of aromatic hydroxyl groups is 1. The van der Waals surface area contributed by atoms with E-state index in [1.165, 1.54) is 31.0 Å². The molecule has 18 heavy (non-hydrogen) atoms. The van der Waals surface area contributed by atoms with Gasteiger partial charge < -0.3 is 5.11 Å². The van der Waals surface area contributed by atoms with E-state index in [1.807, 2.05) is 6.92 Å². The number of halogens is 1. The number of nitrogens with zero attached hydrogens (tertiary/aromatic N) is 1. The molecule has 2 nitrogen and oxygen atoms in total. The van der Waals surface area contributed by atoms with Crippen molar-refractivity contribution in [2.24, 2.45) is 5.92 Å². The van der Waals surface area contributed by atoms with Crippen LogP contribution in [0.4, 0.5) is 4.39 Å².